The zero-order valence-corrected chi connectivity index (χ0v) is 9.99. The van der Waals surface area contributed by atoms with Crippen LogP contribution in [-0.2, 0) is 9.59 Å². The predicted molar refractivity (Wildman–Crippen MR) is 63.3 cm³/mol. The van der Waals surface area contributed by atoms with E-state index in [9.17, 15) is 14.4 Å². The van der Waals surface area contributed by atoms with Gasteiger partial charge in [-0.2, -0.15) is 0 Å². The molecule has 2 aliphatic heterocycles. The number of likely N-dealkylation sites (tertiary alicyclic amines) is 1. The van der Waals surface area contributed by atoms with Gasteiger partial charge >= 0.3 is 6.03 Å². The van der Waals surface area contributed by atoms with Crippen molar-refractivity contribution >= 4 is 17.8 Å². The van der Waals surface area contributed by atoms with Crippen LogP contribution in [0.25, 0.3) is 0 Å². The van der Waals surface area contributed by atoms with Crippen LogP contribution in [0.4, 0.5) is 4.79 Å². The van der Waals surface area contributed by atoms with Crippen LogP contribution < -0.4 is 10.6 Å². The number of imide groups is 1. The van der Waals surface area contributed by atoms with E-state index in [1.165, 1.54) is 0 Å². The largest absolute Gasteiger partial charge is 0.342 e. The van der Waals surface area contributed by atoms with Gasteiger partial charge in [-0.25, -0.2) is 4.79 Å². The van der Waals surface area contributed by atoms with Gasteiger partial charge < -0.3 is 10.2 Å². The van der Waals surface area contributed by atoms with Crippen molar-refractivity contribution in [2.75, 3.05) is 13.1 Å². The molecule has 2 N–H and O–H groups in total. The number of amides is 4. The molecule has 0 aromatic carbocycles. The van der Waals surface area contributed by atoms with E-state index in [1.54, 1.807) is 4.90 Å². The molecule has 4 amide bonds. The predicted octanol–water partition coefficient (Wildman–Crippen LogP) is -0.400. The molecule has 2 fully saturated rings. The molecule has 0 aliphatic carbocycles. The molecule has 0 saturated carbocycles. The molecule has 0 aromatic heterocycles. The Morgan fingerprint density at radius 3 is 2.56 bits per heavy atom. The lowest BCUT2D eigenvalue weighted by Crippen LogP contribution is -2.55. The van der Waals surface area contributed by atoms with Gasteiger partial charge in [0.25, 0.3) is 5.91 Å². The summed E-state index contributed by atoms with van der Waals surface area (Å²) in [5, 5.41) is 4.89. The molecule has 2 heterocycles. The van der Waals surface area contributed by atoms with Crippen molar-refractivity contribution in [2.45, 2.75) is 31.2 Å². The highest BCUT2D eigenvalue weighted by molar-refractivity contribution is 6.07. The first kappa shape index (κ1) is 12.4. The Balaban J connectivity index is 1.92. The lowest BCUT2D eigenvalue weighted by molar-refractivity contribution is -0.135. The normalized spacial score (nSPS) is 21.4. The van der Waals surface area contributed by atoms with E-state index in [2.05, 4.69) is 16.6 Å². The zero-order valence-electron chi connectivity index (χ0n) is 9.99. The van der Waals surface area contributed by atoms with Crippen LogP contribution in [0.5, 0.6) is 0 Å². The van der Waals surface area contributed by atoms with Gasteiger partial charge in [-0.1, -0.05) is 0 Å². The summed E-state index contributed by atoms with van der Waals surface area (Å²) in [5.74, 6) is 2.15. The summed E-state index contributed by atoms with van der Waals surface area (Å²) in [6, 6.07) is -0.452. The number of piperidine rings is 1. The molecule has 0 unspecified atom stereocenters. The highest BCUT2D eigenvalue weighted by atomic mass is 16.2. The Morgan fingerprint density at radius 2 is 2.06 bits per heavy atom. The molecule has 0 atom stereocenters. The number of rotatable bonds is 2. The van der Waals surface area contributed by atoms with Crippen molar-refractivity contribution < 1.29 is 14.4 Å². The van der Waals surface area contributed by atoms with Gasteiger partial charge in [-0.15, -0.1) is 12.3 Å². The number of carbonyl (C=O) groups is 3. The van der Waals surface area contributed by atoms with E-state index in [4.69, 9.17) is 6.42 Å². The third-order valence-electron chi connectivity index (χ3n) is 3.47. The molecule has 6 heteroatoms. The summed E-state index contributed by atoms with van der Waals surface area (Å²) in [7, 11) is 0. The summed E-state index contributed by atoms with van der Waals surface area (Å²) in [4.78, 5) is 36.3. The fraction of sp³-hybridized carbons (Fsp3) is 0.583. The topological polar surface area (TPSA) is 78.5 Å². The summed E-state index contributed by atoms with van der Waals surface area (Å²) in [5.41, 5.74) is -0.819. The number of carbonyl (C=O) groups excluding carboxylic acids is 3. The first-order valence-electron chi connectivity index (χ1n) is 5.92. The number of urea groups is 1. The van der Waals surface area contributed by atoms with Crippen LogP contribution in [0.2, 0.25) is 0 Å². The summed E-state index contributed by atoms with van der Waals surface area (Å²) >= 11 is 0. The van der Waals surface area contributed by atoms with Crippen LogP contribution >= 0.6 is 0 Å². The van der Waals surface area contributed by atoms with Gasteiger partial charge in [-0.3, -0.25) is 14.9 Å². The third kappa shape index (κ3) is 2.16. The standard InChI is InChI=1S/C12H15N3O3/c1-2-3-4-9(16)15-7-5-12(6-8-15)10(17)13-11(18)14-12/h1H,3-8H2,(H2,13,14,17,18). The van der Waals surface area contributed by atoms with E-state index in [-0.39, 0.29) is 11.8 Å². The average molecular weight is 249 g/mol. The van der Waals surface area contributed by atoms with Crippen molar-refractivity contribution in [3.05, 3.63) is 0 Å². The molecule has 0 radical (unpaired) electrons. The number of terminal acetylenes is 1. The maximum absolute atomic E-state index is 11.7. The summed E-state index contributed by atoms with van der Waals surface area (Å²) < 4.78 is 0. The van der Waals surface area contributed by atoms with Crippen LogP contribution in [0, 0.1) is 12.3 Å². The summed E-state index contributed by atoms with van der Waals surface area (Å²) in [6.07, 6.45) is 6.78. The Bertz CT molecular complexity index is 430. The molecule has 6 nitrogen and oxygen atoms in total. The van der Waals surface area contributed by atoms with E-state index in [1.807, 2.05) is 0 Å². The lowest BCUT2D eigenvalue weighted by atomic mass is 9.87. The molecule has 0 aromatic rings. The van der Waals surface area contributed by atoms with E-state index < -0.39 is 11.6 Å². The van der Waals surface area contributed by atoms with Crippen molar-refractivity contribution in [3.8, 4) is 12.3 Å². The van der Waals surface area contributed by atoms with E-state index >= 15 is 0 Å². The highest BCUT2D eigenvalue weighted by Crippen LogP contribution is 2.25. The first-order chi connectivity index (χ1) is 8.57. The molecule has 96 valence electrons. The molecule has 1 spiro atoms. The van der Waals surface area contributed by atoms with E-state index in [0.717, 1.165) is 0 Å². The maximum atomic E-state index is 11.7. The fourth-order valence-corrected chi connectivity index (χ4v) is 2.36. The Kier molecular flexibility index (Phi) is 3.24. The van der Waals surface area contributed by atoms with Gasteiger partial charge in [0.1, 0.15) is 5.54 Å². The van der Waals surface area contributed by atoms with Crippen LogP contribution in [-0.4, -0.2) is 41.4 Å². The van der Waals surface area contributed by atoms with Crippen molar-refractivity contribution in [1.82, 2.24) is 15.5 Å². The zero-order chi connectivity index (χ0) is 13.2. The second-order valence-electron chi connectivity index (χ2n) is 4.58. The molecule has 0 bridgehead atoms. The Hall–Kier alpha value is -2.03. The second kappa shape index (κ2) is 4.69. The molecule has 18 heavy (non-hydrogen) atoms. The second-order valence-corrected chi connectivity index (χ2v) is 4.58. The minimum absolute atomic E-state index is 0.00697. The van der Waals surface area contributed by atoms with Gasteiger partial charge in [0.15, 0.2) is 0 Å². The van der Waals surface area contributed by atoms with Gasteiger partial charge in [0.05, 0.1) is 0 Å². The average Bonchev–Trinajstić information content (AvgIpc) is 2.62. The monoisotopic (exact) mass is 249 g/mol. The SMILES string of the molecule is C#CCCC(=O)N1CCC2(CC1)NC(=O)NC2=O. The van der Waals surface area contributed by atoms with Crippen LogP contribution in [0.1, 0.15) is 25.7 Å². The maximum Gasteiger partial charge on any atom is 0.322 e. The van der Waals surface area contributed by atoms with Gasteiger partial charge in [0, 0.05) is 25.9 Å². The van der Waals surface area contributed by atoms with Crippen LogP contribution in [0.15, 0.2) is 0 Å². The number of nitrogens with one attached hydrogen (secondary N) is 2. The highest BCUT2D eigenvalue weighted by Gasteiger charge is 2.48. The Morgan fingerprint density at radius 1 is 1.39 bits per heavy atom. The molecular formula is C12H15N3O3. The minimum atomic E-state index is -0.819. The van der Waals surface area contributed by atoms with Gasteiger partial charge in [-0.05, 0) is 12.8 Å². The van der Waals surface area contributed by atoms with Crippen molar-refractivity contribution in [3.63, 3.8) is 0 Å². The quantitative estimate of drug-likeness (QED) is 0.516. The summed E-state index contributed by atoms with van der Waals surface area (Å²) in [6.45, 7) is 0.939. The molecule has 2 aliphatic rings. The fourth-order valence-electron chi connectivity index (χ4n) is 2.36. The lowest BCUT2D eigenvalue weighted by Gasteiger charge is -2.36. The number of hydrogen-bond acceptors (Lipinski definition) is 3. The van der Waals surface area contributed by atoms with Crippen molar-refractivity contribution in [2.24, 2.45) is 0 Å². The molecular weight excluding hydrogens is 234 g/mol. The number of nitrogens with zero attached hydrogens (tertiary/aromatic N) is 1. The smallest absolute Gasteiger partial charge is 0.322 e. The molecule has 2 rings (SSSR count). The minimum Gasteiger partial charge on any atom is -0.342 e. The van der Waals surface area contributed by atoms with E-state index in [0.29, 0.717) is 38.8 Å². The first-order valence-corrected chi connectivity index (χ1v) is 5.92. The van der Waals surface area contributed by atoms with Crippen molar-refractivity contribution in [1.29, 1.82) is 0 Å². The van der Waals surface area contributed by atoms with Gasteiger partial charge in [0.2, 0.25) is 5.91 Å². The molecule has 2 saturated heterocycles. The Labute approximate surface area is 105 Å². The van der Waals surface area contributed by atoms with Crippen LogP contribution in [0.3, 0.4) is 0 Å². The number of hydrogen-bond donors (Lipinski definition) is 2. The third-order valence-corrected chi connectivity index (χ3v) is 3.47.